The minimum absolute atomic E-state index is 0.00618. The third kappa shape index (κ3) is 2.45. The molecule has 2 unspecified atom stereocenters. The maximum absolute atomic E-state index is 4.70. The zero-order valence-corrected chi connectivity index (χ0v) is 12.0. The van der Waals surface area contributed by atoms with Crippen molar-refractivity contribution >= 4 is 29.7 Å². The van der Waals surface area contributed by atoms with Gasteiger partial charge in [-0.25, -0.2) is 0 Å². The maximum Gasteiger partial charge on any atom is 0.127 e. The fourth-order valence-corrected chi connectivity index (χ4v) is 2.36. The lowest BCUT2D eigenvalue weighted by atomic mass is 9.58. The van der Waals surface area contributed by atoms with Gasteiger partial charge in [-0.2, -0.15) is 12.6 Å². The Morgan fingerprint density at radius 3 is 1.54 bits per heavy atom. The smallest absolute Gasteiger partial charge is 0.127 e. The SMILES string of the molecule is BC(P)(S)C(C)(C)C(C)(CC)CC. The lowest BCUT2D eigenvalue weighted by Gasteiger charge is -2.51. The van der Waals surface area contributed by atoms with Crippen LogP contribution in [0.25, 0.3) is 0 Å². The number of hydrogen-bond donors (Lipinski definition) is 1. The lowest BCUT2D eigenvalue weighted by molar-refractivity contribution is 0.0855. The van der Waals surface area contributed by atoms with Crippen molar-refractivity contribution in [3.05, 3.63) is 0 Å². The summed E-state index contributed by atoms with van der Waals surface area (Å²) in [6.45, 7) is 11.6. The van der Waals surface area contributed by atoms with Gasteiger partial charge < -0.3 is 0 Å². The summed E-state index contributed by atoms with van der Waals surface area (Å²) in [4.78, 5) is 0. The molecule has 0 aromatic carbocycles. The van der Waals surface area contributed by atoms with Gasteiger partial charge in [-0.15, -0.1) is 9.24 Å². The summed E-state index contributed by atoms with van der Waals surface area (Å²) in [7, 11) is 5.06. The molecule has 0 saturated carbocycles. The van der Waals surface area contributed by atoms with Crippen LogP contribution < -0.4 is 0 Å². The van der Waals surface area contributed by atoms with E-state index in [4.69, 9.17) is 12.6 Å². The average molecular weight is 218 g/mol. The first kappa shape index (κ1) is 13.8. The van der Waals surface area contributed by atoms with Gasteiger partial charge in [0.15, 0.2) is 0 Å². The van der Waals surface area contributed by atoms with Crippen molar-refractivity contribution in [3.8, 4) is 0 Å². The van der Waals surface area contributed by atoms with Crippen LogP contribution in [0.4, 0.5) is 0 Å². The van der Waals surface area contributed by atoms with E-state index in [1.165, 1.54) is 12.8 Å². The fraction of sp³-hybridized carbons (Fsp3) is 1.00. The van der Waals surface area contributed by atoms with Gasteiger partial charge in [-0.1, -0.05) is 47.5 Å². The van der Waals surface area contributed by atoms with Gasteiger partial charge in [0, 0.05) is 4.39 Å². The zero-order chi connectivity index (χ0) is 10.9. The lowest BCUT2D eigenvalue weighted by Crippen LogP contribution is -2.47. The molecular weight excluding hydrogens is 194 g/mol. The standard InChI is InChI=1S/C10H24BPS/c1-6-9(5,7-2)8(3,4)10(11,12)13/h13H,6-7,11-12H2,1-5H3. The quantitative estimate of drug-likeness (QED) is 0.418. The van der Waals surface area contributed by atoms with Crippen molar-refractivity contribution in [2.24, 2.45) is 10.8 Å². The minimum Gasteiger partial charge on any atom is -0.177 e. The highest BCUT2D eigenvalue weighted by Crippen LogP contribution is 2.54. The summed E-state index contributed by atoms with van der Waals surface area (Å²) in [6, 6.07) is 0. The van der Waals surface area contributed by atoms with E-state index in [0.717, 1.165) is 0 Å². The summed E-state index contributed by atoms with van der Waals surface area (Å²) >= 11 is 4.70. The first-order chi connectivity index (χ1) is 5.62. The molecule has 0 bridgehead atoms. The molecule has 0 aliphatic heterocycles. The Bertz CT molecular complexity index is 168. The second kappa shape index (κ2) is 4.15. The largest absolute Gasteiger partial charge is 0.177 e. The average Bonchev–Trinajstić information content (AvgIpc) is 2.00. The molecule has 3 heteroatoms. The van der Waals surface area contributed by atoms with E-state index in [-0.39, 0.29) is 9.80 Å². The Kier molecular flexibility index (Phi) is 4.42. The van der Waals surface area contributed by atoms with Gasteiger partial charge in [-0.3, -0.25) is 0 Å². The Morgan fingerprint density at radius 2 is 1.46 bits per heavy atom. The number of thiol groups is 1. The monoisotopic (exact) mass is 218 g/mol. The van der Waals surface area contributed by atoms with E-state index in [9.17, 15) is 0 Å². The van der Waals surface area contributed by atoms with Crippen LogP contribution in [0, 0.1) is 10.8 Å². The molecule has 2 atom stereocenters. The predicted molar refractivity (Wildman–Crippen MR) is 72.4 cm³/mol. The van der Waals surface area contributed by atoms with Crippen molar-refractivity contribution in [1.82, 2.24) is 0 Å². The normalized spacial score (nSPS) is 18.4. The molecule has 0 aromatic heterocycles. The molecule has 0 spiro atoms. The third-order valence-electron chi connectivity index (χ3n) is 4.33. The number of rotatable bonds is 4. The van der Waals surface area contributed by atoms with Crippen LogP contribution in [0.2, 0.25) is 0 Å². The van der Waals surface area contributed by atoms with Crippen LogP contribution in [0.1, 0.15) is 47.5 Å². The Labute approximate surface area is 92.7 Å². The van der Waals surface area contributed by atoms with E-state index in [1.54, 1.807) is 0 Å². The predicted octanol–water partition coefficient (Wildman–Crippen LogP) is 2.93. The van der Waals surface area contributed by atoms with Crippen LogP contribution in [0.15, 0.2) is 0 Å². The van der Waals surface area contributed by atoms with Crippen LogP contribution in [-0.4, -0.2) is 12.2 Å². The van der Waals surface area contributed by atoms with Gasteiger partial charge in [0.05, 0.1) is 0 Å². The zero-order valence-electron chi connectivity index (χ0n) is 9.94. The van der Waals surface area contributed by atoms with E-state index in [0.29, 0.717) is 5.41 Å². The van der Waals surface area contributed by atoms with Crippen molar-refractivity contribution < 1.29 is 0 Å². The van der Waals surface area contributed by atoms with E-state index >= 15 is 0 Å². The highest BCUT2D eigenvalue weighted by atomic mass is 32.1. The molecule has 0 fully saturated rings. The van der Waals surface area contributed by atoms with Gasteiger partial charge >= 0.3 is 0 Å². The van der Waals surface area contributed by atoms with Crippen molar-refractivity contribution in [1.29, 1.82) is 0 Å². The summed E-state index contributed by atoms with van der Waals surface area (Å²) in [6.07, 6.45) is 2.42. The molecule has 0 aliphatic rings. The van der Waals surface area contributed by atoms with Crippen molar-refractivity contribution in [3.63, 3.8) is 0 Å². The molecule has 78 valence electrons. The van der Waals surface area contributed by atoms with E-state index < -0.39 is 0 Å². The topological polar surface area (TPSA) is 0 Å². The first-order valence-corrected chi connectivity index (χ1v) is 6.16. The van der Waals surface area contributed by atoms with Gasteiger partial charge in [0.25, 0.3) is 0 Å². The van der Waals surface area contributed by atoms with Crippen LogP contribution in [-0.2, 0) is 0 Å². The molecular formula is C10H24BPS. The van der Waals surface area contributed by atoms with Gasteiger partial charge in [0.1, 0.15) is 7.85 Å². The molecule has 0 amide bonds. The molecule has 13 heavy (non-hydrogen) atoms. The van der Waals surface area contributed by atoms with Crippen LogP contribution >= 0.6 is 21.9 Å². The Balaban J connectivity index is 5.00. The van der Waals surface area contributed by atoms with Crippen molar-refractivity contribution in [2.45, 2.75) is 51.8 Å². The van der Waals surface area contributed by atoms with Gasteiger partial charge in [-0.05, 0) is 10.8 Å². The first-order valence-electron chi connectivity index (χ1n) is 5.13. The Morgan fingerprint density at radius 1 is 1.15 bits per heavy atom. The van der Waals surface area contributed by atoms with Crippen LogP contribution in [0.3, 0.4) is 0 Å². The number of hydrogen-bond acceptors (Lipinski definition) is 1. The fourth-order valence-electron chi connectivity index (χ4n) is 1.74. The minimum atomic E-state index is -0.00618. The highest BCUT2D eigenvalue weighted by Gasteiger charge is 2.46. The second-order valence-electron chi connectivity index (χ2n) is 5.04. The Hall–Kier alpha value is 0.845. The van der Waals surface area contributed by atoms with E-state index in [1.807, 2.05) is 0 Å². The molecule has 0 rings (SSSR count). The van der Waals surface area contributed by atoms with Crippen LogP contribution in [0.5, 0.6) is 0 Å². The third-order valence-corrected chi connectivity index (χ3v) is 5.62. The summed E-state index contributed by atoms with van der Waals surface area (Å²) < 4.78 is -0.00618. The molecule has 0 saturated heterocycles. The highest BCUT2D eigenvalue weighted by molar-refractivity contribution is 7.88. The molecule has 0 radical (unpaired) electrons. The second-order valence-corrected chi connectivity index (χ2v) is 7.61. The van der Waals surface area contributed by atoms with E-state index in [2.05, 4.69) is 51.7 Å². The molecule has 0 N–H and O–H groups in total. The summed E-state index contributed by atoms with van der Waals surface area (Å²) in [5.74, 6) is 0. The molecule has 0 heterocycles. The molecule has 0 aromatic rings. The van der Waals surface area contributed by atoms with Crippen molar-refractivity contribution in [2.75, 3.05) is 0 Å². The molecule has 0 aliphatic carbocycles. The molecule has 0 nitrogen and oxygen atoms in total. The van der Waals surface area contributed by atoms with Gasteiger partial charge in [0.2, 0.25) is 0 Å². The summed E-state index contributed by atoms with van der Waals surface area (Å²) in [5, 5.41) is 0. The maximum atomic E-state index is 4.70. The summed E-state index contributed by atoms with van der Waals surface area (Å²) in [5.41, 5.74) is 0.586.